The number of nitrogens with two attached hydrogens (primary N) is 1. The summed E-state index contributed by atoms with van der Waals surface area (Å²) < 4.78 is 8.36. The van der Waals surface area contributed by atoms with Crippen molar-refractivity contribution in [3.63, 3.8) is 0 Å². The summed E-state index contributed by atoms with van der Waals surface area (Å²) in [6.45, 7) is 15.2. The maximum absolute atomic E-state index is 11.4. The Bertz CT molecular complexity index is 1550. The number of ether oxygens (including phenoxy) is 1. The number of anilines is 2. The maximum Gasteiger partial charge on any atom is 0.316 e. The molecule has 8 nitrogen and oxygen atoms in total. The van der Waals surface area contributed by atoms with Gasteiger partial charge in [-0.1, -0.05) is 58.9 Å². The molecule has 0 spiro atoms. The highest BCUT2D eigenvalue weighted by atomic mass is 16.5. The van der Waals surface area contributed by atoms with E-state index in [0.717, 1.165) is 58.3 Å². The zero-order valence-electron chi connectivity index (χ0n) is 24.9. The minimum atomic E-state index is -0.590. The third-order valence-corrected chi connectivity index (χ3v) is 7.38. The van der Waals surface area contributed by atoms with Crippen LogP contribution < -0.4 is 20.7 Å². The molecule has 214 valence electrons. The van der Waals surface area contributed by atoms with Gasteiger partial charge in [0.25, 0.3) is 0 Å². The quantitative estimate of drug-likeness (QED) is 0.268. The maximum atomic E-state index is 11.4. The molecule has 0 radical (unpaired) electrons. The van der Waals surface area contributed by atoms with Gasteiger partial charge in [-0.2, -0.15) is 5.10 Å². The van der Waals surface area contributed by atoms with Crippen LogP contribution in [0.15, 0.2) is 60.8 Å². The van der Waals surface area contributed by atoms with E-state index in [2.05, 4.69) is 74.6 Å². The van der Waals surface area contributed by atoms with Crippen molar-refractivity contribution in [3.05, 3.63) is 83.2 Å². The van der Waals surface area contributed by atoms with Gasteiger partial charge in [-0.15, -0.1) is 0 Å². The average Bonchev–Trinajstić information content (AvgIpc) is 3.30. The molecule has 8 heteroatoms. The molecule has 2 amide bonds. The smallest absolute Gasteiger partial charge is 0.316 e. The number of para-hydroxylation sites is 1. The normalized spacial score (nSPS) is 13.3. The van der Waals surface area contributed by atoms with Gasteiger partial charge in [0.15, 0.2) is 0 Å². The Hall–Kier alpha value is -4.33. The number of hydrogen-bond acceptors (Lipinski definition) is 5. The van der Waals surface area contributed by atoms with Crippen molar-refractivity contribution >= 4 is 17.5 Å². The summed E-state index contributed by atoms with van der Waals surface area (Å²) >= 11 is 0. The van der Waals surface area contributed by atoms with Crippen molar-refractivity contribution < 1.29 is 9.53 Å². The monoisotopic (exact) mass is 552 g/mol. The number of carbonyl (C=O) groups is 1. The van der Waals surface area contributed by atoms with Crippen LogP contribution in [0.2, 0.25) is 0 Å². The number of carbonyl (C=O) groups excluding carboxylic acids is 1. The molecule has 4 aromatic rings. The van der Waals surface area contributed by atoms with Gasteiger partial charge in [0.2, 0.25) is 0 Å². The number of fused-ring (bicyclic) bond motifs is 1. The molecule has 1 aliphatic heterocycles. The Morgan fingerprint density at radius 1 is 1.12 bits per heavy atom. The second-order valence-electron chi connectivity index (χ2n) is 12.2. The van der Waals surface area contributed by atoms with E-state index in [9.17, 15) is 4.79 Å². The fraction of sp³-hybridized carbons (Fsp3) is 0.364. The van der Waals surface area contributed by atoms with Crippen LogP contribution in [0.4, 0.5) is 16.3 Å². The molecule has 0 fully saturated rings. The molecule has 2 aromatic heterocycles. The van der Waals surface area contributed by atoms with Gasteiger partial charge in [-0.3, -0.25) is 0 Å². The second-order valence-corrected chi connectivity index (χ2v) is 12.2. The number of amides is 2. The molecule has 41 heavy (non-hydrogen) atoms. The van der Waals surface area contributed by atoms with Crippen molar-refractivity contribution in [1.82, 2.24) is 14.8 Å². The summed E-state index contributed by atoms with van der Waals surface area (Å²) in [6, 6.07) is 17.6. The number of urea groups is 1. The van der Waals surface area contributed by atoms with E-state index in [-0.39, 0.29) is 5.41 Å². The molecule has 2 aromatic carbocycles. The molecule has 3 heterocycles. The number of rotatable bonds is 7. The molecular formula is C33H40N6O2. The first-order chi connectivity index (χ1) is 19.5. The molecule has 0 saturated carbocycles. The number of pyridine rings is 1. The molecule has 5 rings (SSSR count). The zero-order valence-corrected chi connectivity index (χ0v) is 24.9. The van der Waals surface area contributed by atoms with Gasteiger partial charge in [-0.05, 0) is 59.7 Å². The topological polar surface area (TPSA) is 98.3 Å². The number of primary amides is 1. The van der Waals surface area contributed by atoms with Gasteiger partial charge >= 0.3 is 6.03 Å². The van der Waals surface area contributed by atoms with E-state index in [1.165, 1.54) is 5.56 Å². The van der Waals surface area contributed by atoms with Crippen molar-refractivity contribution in [2.24, 2.45) is 11.7 Å². The highest BCUT2D eigenvalue weighted by molar-refractivity contribution is 5.88. The largest absolute Gasteiger partial charge is 0.491 e. The standard InChI is InChI=1S/C33H40N6O2/c1-21(2)20-41-28-9-7-8-22(3)30(28)39-31(23-10-12-25(13-11-23)36-32(34)40)26-19-38(17-15-27(26)37-39)29-18-24(14-16-35-29)33(4,5)6/h7-14,16,18,21H,15,17,19-20H2,1-6H3,(H3,34,36,40). The first kappa shape index (κ1) is 28.2. The fourth-order valence-electron chi connectivity index (χ4n) is 5.22. The molecule has 0 atom stereocenters. The minimum absolute atomic E-state index is 0.0343. The molecule has 0 saturated heterocycles. The Morgan fingerprint density at radius 2 is 1.88 bits per heavy atom. The van der Waals surface area contributed by atoms with E-state index in [4.69, 9.17) is 20.6 Å². The number of hydrogen-bond donors (Lipinski definition) is 2. The molecular weight excluding hydrogens is 512 g/mol. The third-order valence-electron chi connectivity index (χ3n) is 7.38. The van der Waals surface area contributed by atoms with E-state index in [1.54, 1.807) is 0 Å². The van der Waals surface area contributed by atoms with Crippen molar-refractivity contribution in [3.8, 4) is 22.7 Å². The summed E-state index contributed by atoms with van der Waals surface area (Å²) in [5.74, 6) is 2.17. The van der Waals surface area contributed by atoms with Crippen molar-refractivity contribution in [2.75, 3.05) is 23.4 Å². The Kier molecular flexibility index (Phi) is 7.76. The first-order valence-electron chi connectivity index (χ1n) is 14.2. The predicted molar refractivity (Wildman–Crippen MR) is 165 cm³/mol. The lowest BCUT2D eigenvalue weighted by Crippen LogP contribution is -2.31. The lowest BCUT2D eigenvalue weighted by atomic mass is 9.87. The van der Waals surface area contributed by atoms with E-state index >= 15 is 0 Å². The SMILES string of the molecule is Cc1cccc(OCC(C)C)c1-n1nc2c(c1-c1ccc(NC(N)=O)cc1)CN(c1cc(C(C)(C)C)ccn1)CC2. The Labute approximate surface area is 242 Å². The molecule has 0 unspecified atom stereocenters. The molecule has 3 N–H and O–H groups in total. The Morgan fingerprint density at radius 3 is 2.56 bits per heavy atom. The van der Waals surface area contributed by atoms with Crippen LogP contribution in [0.25, 0.3) is 16.9 Å². The number of aromatic nitrogens is 3. The second kappa shape index (κ2) is 11.3. The lowest BCUT2D eigenvalue weighted by molar-refractivity contribution is 0.259. The van der Waals surface area contributed by atoms with Gasteiger partial charge in [0, 0.05) is 42.5 Å². The van der Waals surface area contributed by atoms with Crippen molar-refractivity contribution in [1.29, 1.82) is 0 Å². The summed E-state index contributed by atoms with van der Waals surface area (Å²) in [4.78, 5) is 18.5. The van der Waals surface area contributed by atoms with Crippen LogP contribution >= 0.6 is 0 Å². The van der Waals surface area contributed by atoms with E-state index in [1.807, 2.05) is 42.6 Å². The fourth-order valence-corrected chi connectivity index (χ4v) is 5.22. The van der Waals surface area contributed by atoms with Gasteiger partial charge in [0.05, 0.1) is 18.0 Å². The summed E-state index contributed by atoms with van der Waals surface area (Å²) in [5, 5.41) is 7.86. The zero-order chi connectivity index (χ0) is 29.3. The molecule has 1 aliphatic rings. The van der Waals surface area contributed by atoms with Crippen LogP contribution in [-0.2, 0) is 18.4 Å². The average molecular weight is 553 g/mol. The van der Waals surface area contributed by atoms with E-state index in [0.29, 0.717) is 24.8 Å². The summed E-state index contributed by atoms with van der Waals surface area (Å²) in [5.41, 5.74) is 13.5. The summed E-state index contributed by atoms with van der Waals surface area (Å²) in [6.07, 6.45) is 2.71. The Balaban J connectivity index is 1.63. The van der Waals surface area contributed by atoms with Gasteiger partial charge < -0.3 is 20.7 Å². The van der Waals surface area contributed by atoms with Crippen LogP contribution in [0.5, 0.6) is 5.75 Å². The molecule has 0 bridgehead atoms. The highest BCUT2D eigenvalue weighted by Gasteiger charge is 2.29. The minimum Gasteiger partial charge on any atom is -0.491 e. The molecule has 0 aliphatic carbocycles. The summed E-state index contributed by atoms with van der Waals surface area (Å²) in [7, 11) is 0. The third kappa shape index (κ3) is 6.06. The van der Waals surface area contributed by atoms with Crippen LogP contribution in [0.1, 0.15) is 57.0 Å². The van der Waals surface area contributed by atoms with Crippen molar-refractivity contribution in [2.45, 2.75) is 59.9 Å². The number of nitrogens with zero attached hydrogens (tertiary/aromatic N) is 4. The highest BCUT2D eigenvalue weighted by Crippen LogP contribution is 2.38. The number of nitrogens with one attached hydrogen (secondary N) is 1. The van der Waals surface area contributed by atoms with E-state index < -0.39 is 6.03 Å². The van der Waals surface area contributed by atoms with Crippen LogP contribution in [0.3, 0.4) is 0 Å². The van der Waals surface area contributed by atoms with Crippen LogP contribution in [0, 0.1) is 12.8 Å². The first-order valence-corrected chi connectivity index (χ1v) is 14.2. The lowest BCUT2D eigenvalue weighted by Gasteiger charge is -2.29. The number of benzene rings is 2. The van der Waals surface area contributed by atoms with Gasteiger partial charge in [0.1, 0.15) is 17.3 Å². The number of aryl methyl sites for hydroxylation is 1. The predicted octanol–water partition coefficient (Wildman–Crippen LogP) is 6.63. The van der Waals surface area contributed by atoms with Crippen LogP contribution in [-0.4, -0.2) is 33.9 Å². The van der Waals surface area contributed by atoms with Gasteiger partial charge in [-0.25, -0.2) is 14.5 Å².